The topological polar surface area (TPSA) is 82.4 Å². The second-order valence-electron chi connectivity index (χ2n) is 7.11. The molecule has 1 atom stereocenters. The van der Waals surface area contributed by atoms with Gasteiger partial charge in [0.2, 0.25) is 5.95 Å². The van der Waals surface area contributed by atoms with Crippen molar-refractivity contribution in [3.05, 3.63) is 45.2 Å². The maximum Gasteiger partial charge on any atom is 0.279 e. The fourth-order valence-corrected chi connectivity index (χ4v) is 3.60. The average Bonchev–Trinajstić information content (AvgIpc) is 2.72. The van der Waals surface area contributed by atoms with Gasteiger partial charge in [-0.15, -0.1) is 0 Å². The maximum absolute atomic E-state index is 14.8. The van der Waals surface area contributed by atoms with E-state index in [0.29, 0.717) is 38.1 Å². The Labute approximate surface area is 177 Å². The molecule has 0 aliphatic carbocycles. The lowest BCUT2D eigenvalue weighted by Crippen LogP contribution is -2.45. The van der Waals surface area contributed by atoms with Crippen molar-refractivity contribution in [3.63, 3.8) is 0 Å². The van der Waals surface area contributed by atoms with Crippen LogP contribution in [0.5, 0.6) is 0 Å². The van der Waals surface area contributed by atoms with Crippen molar-refractivity contribution in [2.45, 2.75) is 13.0 Å². The largest absolute Gasteiger partial charge is 0.382 e. The van der Waals surface area contributed by atoms with E-state index < -0.39 is 5.82 Å². The van der Waals surface area contributed by atoms with Crippen molar-refractivity contribution in [3.8, 4) is 11.3 Å². The summed E-state index contributed by atoms with van der Waals surface area (Å²) in [5.74, 6) is 0.248. The van der Waals surface area contributed by atoms with Gasteiger partial charge in [-0.25, -0.2) is 19.3 Å². The minimum atomic E-state index is -0.548. The molecule has 158 valence electrons. The molecule has 1 unspecified atom stereocenters. The molecule has 8 nitrogen and oxygen atoms in total. The van der Waals surface area contributed by atoms with Crippen molar-refractivity contribution >= 4 is 28.6 Å². The summed E-state index contributed by atoms with van der Waals surface area (Å²) in [5, 5.41) is 0.269. The first-order valence-electron chi connectivity index (χ1n) is 9.45. The summed E-state index contributed by atoms with van der Waals surface area (Å²) in [5.41, 5.74) is 0.516. The number of benzene rings is 1. The Morgan fingerprint density at radius 3 is 2.83 bits per heavy atom. The summed E-state index contributed by atoms with van der Waals surface area (Å²) in [6.07, 6.45) is -0.155. The third kappa shape index (κ3) is 3.76. The average molecular weight is 434 g/mol. The second-order valence-corrected chi connectivity index (χ2v) is 7.55. The number of nitrogens with zero attached hydrogens (tertiary/aromatic N) is 5. The van der Waals surface area contributed by atoms with Gasteiger partial charge in [-0.1, -0.05) is 11.6 Å². The Hall–Kier alpha value is -2.62. The quantitative estimate of drug-likeness (QED) is 0.624. The SMILES string of the molecule is COCC1CN(c2nc(-c3ccc(Cl)cc3F)c3nc(C)n(C)c(=O)c3n2)CCO1. The number of hydrogen-bond donors (Lipinski definition) is 0. The van der Waals surface area contributed by atoms with E-state index >= 15 is 0 Å². The smallest absolute Gasteiger partial charge is 0.279 e. The van der Waals surface area contributed by atoms with Crippen LogP contribution in [0.15, 0.2) is 23.0 Å². The summed E-state index contributed by atoms with van der Waals surface area (Å²) >= 11 is 5.92. The molecule has 0 radical (unpaired) electrons. The fourth-order valence-electron chi connectivity index (χ4n) is 3.44. The Bertz CT molecular complexity index is 1170. The van der Waals surface area contributed by atoms with Gasteiger partial charge in [0, 0.05) is 37.8 Å². The zero-order chi connectivity index (χ0) is 21.4. The lowest BCUT2D eigenvalue weighted by Gasteiger charge is -2.32. The molecule has 1 aliphatic rings. The maximum atomic E-state index is 14.8. The van der Waals surface area contributed by atoms with E-state index in [1.54, 1.807) is 27.1 Å². The first-order valence-corrected chi connectivity index (χ1v) is 9.83. The number of aromatic nitrogens is 4. The van der Waals surface area contributed by atoms with E-state index in [0.717, 1.165) is 0 Å². The van der Waals surface area contributed by atoms with Crippen LogP contribution in [0.25, 0.3) is 22.3 Å². The highest BCUT2D eigenvalue weighted by molar-refractivity contribution is 6.30. The summed E-state index contributed by atoms with van der Waals surface area (Å²) < 4.78 is 27.1. The molecule has 3 aromatic rings. The van der Waals surface area contributed by atoms with Crippen LogP contribution in [0.1, 0.15) is 5.82 Å². The Kier molecular flexibility index (Phi) is 5.68. The van der Waals surface area contributed by atoms with E-state index in [9.17, 15) is 9.18 Å². The molecule has 0 saturated carbocycles. The molecule has 1 fully saturated rings. The molecule has 0 N–H and O–H groups in total. The van der Waals surface area contributed by atoms with E-state index in [1.807, 2.05) is 4.90 Å². The van der Waals surface area contributed by atoms with Crippen molar-refractivity contribution in [1.29, 1.82) is 0 Å². The summed E-state index contributed by atoms with van der Waals surface area (Å²) in [6.45, 7) is 3.61. The number of aryl methyl sites for hydroxylation is 1. The monoisotopic (exact) mass is 433 g/mol. The summed E-state index contributed by atoms with van der Waals surface area (Å²) in [4.78, 5) is 28.4. The van der Waals surface area contributed by atoms with Gasteiger partial charge in [0.15, 0.2) is 5.52 Å². The Morgan fingerprint density at radius 1 is 1.30 bits per heavy atom. The number of ether oxygens (including phenoxy) is 2. The lowest BCUT2D eigenvalue weighted by atomic mass is 10.1. The van der Waals surface area contributed by atoms with Crippen LogP contribution in [0.2, 0.25) is 5.02 Å². The molecule has 10 heteroatoms. The molecule has 0 spiro atoms. The van der Waals surface area contributed by atoms with Gasteiger partial charge >= 0.3 is 0 Å². The molecule has 30 heavy (non-hydrogen) atoms. The van der Waals surface area contributed by atoms with Crippen LogP contribution < -0.4 is 10.5 Å². The van der Waals surface area contributed by atoms with Crippen LogP contribution in [-0.4, -0.2) is 59.0 Å². The molecule has 4 rings (SSSR count). The van der Waals surface area contributed by atoms with E-state index in [4.69, 9.17) is 21.1 Å². The highest BCUT2D eigenvalue weighted by Crippen LogP contribution is 2.30. The number of hydrogen-bond acceptors (Lipinski definition) is 7. The highest BCUT2D eigenvalue weighted by atomic mass is 35.5. The first kappa shape index (κ1) is 20.6. The predicted molar refractivity (Wildman–Crippen MR) is 112 cm³/mol. The molecule has 1 aromatic carbocycles. The first-order chi connectivity index (χ1) is 14.4. The van der Waals surface area contributed by atoms with E-state index in [-0.39, 0.29) is 39.0 Å². The molecular formula is C20H21ClFN5O3. The van der Waals surface area contributed by atoms with Gasteiger partial charge in [-0.2, -0.15) is 0 Å². The number of rotatable bonds is 4. The normalized spacial score (nSPS) is 17.0. The minimum Gasteiger partial charge on any atom is -0.382 e. The third-order valence-corrected chi connectivity index (χ3v) is 5.33. The van der Waals surface area contributed by atoms with Gasteiger partial charge in [-0.3, -0.25) is 9.36 Å². The van der Waals surface area contributed by atoms with Gasteiger partial charge in [0.1, 0.15) is 22.9 Å². The molecular weight excluding hydrogens is 413 g/mol. The lowest BCUT2D eigenvalue weighted by molar-refractivity contribution is -0.0104. The van der Waals surface area contributed by atoms with E-state index in [2.05, 4.69) is 15.0 Å². The summed E-state index contributed by atoms with van der Waals surface area (Å²) in [6, 6.07) is 4.32. The van der Waals surface area contributed by atoms with Crippen molar-refractivity contribution < 1.29 is 13.9 Å². The van der Waals surface area contributed by atoms with Crippen LogP contribution >= 0.6 is 11.6 Å². The number of fused-ring (bicyclic) bond motifs is 1. The number of anilines is 1. The molecule has 0 amide bonds. The van der Waals surface area contributed by atoms with Gasteiger partial charge in [0.05, 0.1) is 19.3 Å². The molecule has 0 bridgehead atoms. The zero-order valence-electron chi connectivity index (χ0n) is 16.9. The standard InChI is InChI=1S/C20H21ClFN5O3/c1-11-23-17-16(14-5-4-12(21)8-15(14)22)24-20(25-18(17)19(28)26(11)2)27-6-7-30-13(9-27)10-29-3/h4-5,8,13H,6-7,9-10H2,1-3H3. The number of methoxy groups -OCH3 is 1. The van der Waals surface area contributed by atoms with Crippen LogP contribution in [0.3, 0.4) is 0 Å². The van der Waals surface area contributed by atoms with Crippen LogP contribution in [0.4, 0.5) is 10.3 Å². The van der Waals surface area contributed by atoms with Crippen LogP contribution in [-0.2, 0) is 16.5 Å². The predicted octanol–water partition coefficient (Wildman–Crippen LogP) is 2.34. The van der Waals surface area contributed by atoms with E-state index in [1.165, 1.54) is 16.7 Å². The van der Waals surface area contributed by atoms with Gasteiger partial charge in [-0.05, 0) is 25.1 Å². The summed E-state index contributed by atoms with van der Waals surface area (Å²) in [7, 11) is 3.23. The molecule has 1 saturated heterocycles. The van der Waals surface area contributed by atoms with Gasteiger partial charge < -0.3 is 14.4 Å². The van der Waals surface area contributed by atoms with Gasteiger partial charge in [0.25, 0.3) is 5.56 Å². The molecule has 1 aliphatic heterocycles. The van der Waals surface area contributed by atoms with Crippen molar-refractivity contribution in [2.24, 2.45) is 7.05 Å². The molecule has 2 aromatic heterocycles. The zero-order valence-corrected chi connectivity index (χ0v) is 17.6. The number of halogens is 2. The Morgan fingerprint density at radius 2 is 2.10 bits per heavy atom. The third-order valence-electron chi connectivity index (χ3n) is 5.10. The Balaban J connectivity index is 1.94. The fraction of sp³-hybridized carbons (Fsp3) is 0.400. The minimum absolute atomic E-state index is 0.132. The molecule has 3 heterocycles. The number of morpholine rings is 1. The highest BCUT2D eigenvalue weighted by Gasteiger charge is 2.25. The second kappa shape index (κ2) is 8.25. The van der Waals surface area contributed by atoms with Crippen LogP contribution in [0, 0.1) is 12.7 Å². The van der Waals surface area contributed by atoms with Crippen molar-refractivity contribution in [1.82, 2.24) is 19.5 Å². The van der Waals surface area contributed by atoms with Crippen molar-refractivity contribution in [2.75, 3.05) is 38.3 Å².